The molecule has 1 saturated heterocycles. The normalized spacial score (nSPS) is 18.5. The standard InChI is InChI=1S/C13H17ClN2O3S/c1-15-13(17)11-8-10(2-3-12(11)14)16-9-4-6-20(18,19)7-5-9/h2-3,8-9,16H,4-7H2,1H3,(H,15,17). The lowest BCUT2D eigenvalue weighted by molar-refractivity contribution is 0.0963. The summed E-state index contributed by atoms with van der Waals surface area (Å²) >= 11 is 5.98. The highest BCUT2D eigenvalue weighted by Crippen LogP contribution is 2.23. The SMILES string of the molecule is CNC(=O)c1cc(NC2CCS(=O)(=O)CC2)ccc1Cl. The fraction of sp³-hybridized carbons (Fsp3) is 0.462. The molecule has 110 valence electrons. The van der Waals surface area contributed by atoms with Crippen molar-refractivity contribution in [2.45, 2.75) is 18.9 Å². The Bertz CT molecular complexity index is 602. The molecular weight excluding hydrogens is 300 g/mol. The van der Waals surface area contributed by atoms with Crippen LogP contribution in [0.4, 0.5) is 5.69 Å². The van der Waals surface area contributed by atoms with E-state index in [4.69, 9.17) is 11.6 Å². The van der Waals surface area contributed by atoms with Crippen molar-refractivity contribution in [3.63, 3.8) is 0 Å². The van der Waals surface area contributed by atoms with E-state index in [9.17, 15) is 13.2 Å². The molecule has 20 heavy (non-hydrogen) atoms. The maximum Gasteiger partial charge on any atom is 0.252 e. The highest BCUT2D eigenvalue weighted by Gasteiger charge is 2.23. The largest absolute Gasteiger partial charge is 0.382 e. The van der Waals surface area contributed by atoms with Gasteiger partial charge in [-0.15, -0.1) is 0 Å². The number of amides is 1. The van der Waals surface area contributed by atoms with Gasteiger partial charge in [-0.05, 0) is 31.0 Å². The smallest absolute Gasteiger partial charge is 0.252 e. The highest BCUT2D eigenvalue weighted by atomic mass is 35.5. The Hall–Kier alpha value is -1.27. The Kier molecular flexibility index (Phi) is 4.55. The first-order valence-electron chi connectivity index (χ1n) is 6.40. The van der Waals surface area contributed by atoms with Crippen molar-refractivity contribution in [1.29, 1.82) is 0 Å². The number of halogens is 1. The van der Waals surface area contributed by atoms with Crippen LogP contribution in [0.15, 0.2) is 18.2 Å². The Labute approximate surface area is 123 Å². The van der Waals surface area contributed by atoms with Gasteiger partial charge in [-0.1, -0.05) is 11.6 Å². The number of benzene rings is 1. The van der Waals surface area contributed by atoms with Gasteiger partial charge in [0.2, 0.25) is 0 Å². The fourth-order valence-electron chi connectivity index (χ4n) is 2.19. The molecule has 7 heteroatoms. The van der Waals surface area contributed by atoms with Gasteiger partial charge in [0.15, 0.2) is 0 Å². The van der Waals surface area contributed by atoms with Crippen molar-refractivity contribution in [3.8, 4) is 0 Å². The molecule has 0 bridgehead atoms. The summed E-state index contributed by atoms with van der Waals surface area (Å²) in [5, 5.41) is 6.19. The predicted molar refractivity (Wildman–Crippen MR) is 80.1 cm³/mol. The van der Waals surface area contributed by atoms with Crippen molar-refractivity contribution < 1.29 is 13.2 Å². The zero-order chi connectivity index (χ0) is 14.8. The van der Waals surface area contributed by atoms with Crippen LogP contribution in [0.2, 0.25) is 5.02 Å². The Morgan fingerprint density at radius 1 is 1.30 bits per heavy atom. The molecule has 0 aliphatic carbocycles. The van der Waals surface area contributed by atoms with Crippen LogP contribution < -0.4 is 10.6 Å². The van der Waals surface area contributed by atoms with Crippen molar-refractivity contribution >= 4 is 33.0 Å². The third-order valence-electron chi connectivity index (χ3n) is 3.36. The molecule has 0 saturated carbocycles. The molecular formula is C13H17ClN2O3S. The highest BCUT2D eigenvalue weighted by molar-refractivity contribution is 7.91. The molecule has 1 aromatic rings. The molecule has 1 aromatic carbocycles. The summed E-state index contributed by atoms with van der Waals surface area (Å²) in [5.74, 6) is 0.172. The van der Waals surface area contributed by atoms with Gasteiger partial charge >= 0.3 is 0 Å². The lowest BCUT2D eigenvalue weighted by atomic mass is 10.1. The molecule has 1 amide bonds. The Morgan fingerprint density at radius 3 is 2.55 bits per heavy atom. The van der Waals surface area contributed by atoms with Crippen LogP contribution >= 0.6 is 11.6 Å². The van der Waals surface area contributed by atoms with E-state index >= 15 is 0 Å². The lowest BCUT2D eigenvalue weighted by Gasteiger charge is -2.24. The second kappa shape index (κ2) is 6.01. The zero-order valence-corrected chi connectivity index (χ0v) is 12.7. The summed E-state index contributed by atoms with van der Waals surface area (Å²) in [5.41, 5.74) is 1.18. The monoisotopic (exact) mass is 316 g/mol. The van der Waals surface area contributed by atoms with E-state index in [1.165, 1.54) is 0 Å². The topological polar surface area (TPSA) is 75.3 Å². The summed E-state index contributed by atoms with van der Waals surface area (Å²) < 4.78 is 22.8. The number of anilines is 1. The molecule has 0 spiro atoms. The fourth-order valence-corrected chi connectivity index (χ4v) is 3.89. The van der Waals surface area contributed by atoms with Crippen molar-refractivity contribution in [3.05, 3.63) is 28.8 Å². The summed E-state index contributed by atoms with van der Waals surface area (Å²) in [4.78, 5) is 11.7. The van der Waals surface area contributed by atoms with Gasteiger partial charge in [0.25, 0.3) is 5.91 Å². The summed E-state index contributed by atoms with van der Waals surface area (Å²) in [6, 6.07) is 5.24. The van der Waals surface area contributed by atoms with Crippen LogP contribution in [0.25, 0.3) is 0 Å². The van der Waals surface area contributed by atoms with Crippen LogP contribution in [0.3, 0.4) is 0 Å². The summed E-state index contributed by atoms with van der Waals surface area (Å²) in [6.45, 7) is 0. The van der Waals surface area contributed by atoms with Crippen molar-refractivity contribution in [1.82, 2.24) is 5.32 Å². The Morgan fingerprint density at radius 2 is 1.95 bits per heavy atom. The minimum Gasteiger partial charge on any atom is -0.382 e. The van der Waals surface area contributed by atoms with E-state index in [2.05, 4.69) is 10.6 Å². The lowest BCUT2D eigenvalue weighted by Crippen LogP contribution is -2.32. The number of sulfone groups is 1. The minimum atomic E-state index is -2.87. The maximum absolute atomic E-state index is 11.7. The molecule has 1 heterocycles. The number of nitrogens with one attached hydrogen (secondary N) is 2. The average Bonchev–Trinajstić information content (AvgIpc) is 2.42. The third kappa shape index (κ3) is 3.64. The van der Waals surface area contributed by atoms with Crippen LogP contribution in [0, 0.1) is 0 Å². The van der Waals surface area contributed by atoms with Crippen LogP contribution in [-0.2, 0) is 9.84 Å². The second-order valence-electron chi connectivity index (χ2n) is 4.84. The van der Waals surface area contributed by atoms with E-state index < -0.39 is 9.84 Å². The molecule has 0 aromatic heterocycles. The van der Waals surface area contributed by atoms with Gasteiger partial charge < -0.3 is 10.6 Å². The molecule has 0 unspecified atom stereocenters. The van der Waals surface area contributed by atoms with E-state index in [0.717, 1.165) is 5.69 Å². The van der Waals surface area contributed by atoms with Crippen LogP contribution in [-0.4, -0.2) is 38.9 Å². The Balaban J connectivity index is 2.09. The maximum atomic E-state index is 11.7. The molecule has 2 rings (SSSR count). The van der Waals surface area contributed by atoms with Gasteiger partial charge in [-0.3, -0.25) is 4.79 Å². The van der Waals surface area contributed by atoms with Gasteiger partial charge in [0, 0.05) is 18.8 Å². The van der Waals surface area contributed by atoms with E-state index in [1.807, 2.05) is 0 Å². The predicted octanol–water partition coefficient (Wildman–Crippen LogP) is 1.69. The summed E-state index contributed by atoms with van der Waals surface area (Å²) in [6.07, 6.45) is 1.17. The van der Waals surface area contributed by atoms with Gasteiger partial charge in [0.1, 0.15) is 9.84 Å². The molecule has 5 nitrogen and oxygen atoms in total. The van der Waals surface area contributed by atoms with Gasteiger partial charge in [-0.2, -0.15) is 0 Å². The minimum absolute atomic E-state index is 0.109. The quantitative estimate of drug-likeness (QED) is 0.890. The molecule has 1 fully saturated rings. The van der Waals surface area contributed by atoms with Crippen molar-refractivity contribution in [2.75, 3.05) is 23.9 Å². The molecule has 1 aliphatic heterocycles. The second-order valence-corrected chi connectivity index (χ2v) is 7.56. The molecule has 0 atom stereocenters. The van der Waals surface area contributed by atoms with E-state index in [1.54, 1.807) is 25.2 Å². The first kappa shape index (κ1) is 15.1. The zero-order valence-electron chi connectivity index (χ0n) is 11.1. The third-order valence-corrected chi connectivity index (χ3v) is 5.41. The number of carbonyl (C=O) groups is 1. The molecule has 0 radical (unpaired) electrons. The molecule has 2 N–H and O–H groups in total. The van der Waals surface area contributed by atoms with E-state index in [-0.39, 0.29) is 23.5 Å². The molecule has 1 aliphatic rings. The van der Waals surface area contributed by atoms with Gasteiger partial charge in [-0.25, -0.2) is 8.42 Å². The van der Waals surface area contributed by atoms with Crippen LogP contribution in [0.5, 0.6) is 0 Å². The first-order valence-corrected chi connectivity index (χ1v) is 8.60. The van der Waals surface area contributed by atoms with Crippen molar-refractivity contribution in [2.24, 2.45) is 0 Å². The summed E-state index contributed by atoms with van der Waals surface area (Å²) in [7, 11) is -1.32. The number of carbonyl (C=O) groups excluding carboxylic acids is 1. The number of hydrogen-bond donors (Lipinski definition) is 2. The average molecular weight is 317 g/mol. The van der Waals surface area contributed by atoms with E-state index in [0.29, 0.717) is 23.4 Å². The number of hydrogen-bond acceptors (Lipinski definition) is 4. The first-order chi connectivity index (χ1) is 9.41. The number of rotatable bonds is 3. The van der Waals surface area contributed by atoms with Gasteiger partial charge in [0.05, 0.1) is 22.1 Å². The van der Waals surface area contributed by atoms with Crippen LogP contribution in [0.1, 0.15) is 23.2 Å².